The number of hydrogen-bond acceptors (Lipinski definition) is 1. The summed E-state index contributed by atoms with van der Waals surface area (Å²) in [7, 11) is 0. The van der Waals surface area contributed by atoms with Gasteiger partial charge >= 0.3 is 0 Å². The Kier molecular flexibility index (Phi) is 7.79. The predicted octanol–water partition coefficient (Wildman–Crippen LogP) is 1.87. The minimum Gasteiger partial charge on any atom is -0.330 e. The third kappa shape index (κ3) is 7.89. The first-order valence-corrected chi connectivity index (χ1v) is 3.68. The van der Waals surface area contributed by atoms with Crippen molar-refractivity contribution >= 4 is 0 Å². The molecule has 0 aromatic carbocycles. The molecule has 0 radical (unpaired) electrons. The van der Waals surface area contributed by atoms with E-state index in [0.717, 1.165) is 38.6 Å². The van der Waals surface area contributed by atoms with Gasteiger partial charge in [-0.1, -0.05) is 19.3 Å². The van der Waals surface area contributed by atoms with E-state index in [2.05, 4.69) is 0 Å². The van der Waals surface area contributed by atoms with Gasteiger partial charge in [0.2, 0.25) is 0 Å². The van der Waals surface area contributed by atoms with Crippen molar-refractivity contribution in [3.8, 4) is 0 Å². The third-order valence-corrected chi connectivity index (χ3v) is 1.34. The van der Waals surface area contributed by atoms with Gasteiger partial charge in [-0.15, -0.1) is 0 Å². The molecule has 0 heterocycles. The van der Waals surface area contributed by atoms with Crippen LogP contribution in [-0.4, -0.2) is 13.2 Å². The minimum absolute atomic E-state index is 0.164. The van der Waals surface area contributed by atoms with E-state index in [0.29, 0.717) is 0 Å². The van der Waals surface area contributed by atoms with Crippen LogP contribution in [0.2, 0.25) is 0 Å². The van der Waals surface area contributed by atoms with Gasteiger partial charge in [-0.3, -0.25) is 4.39 Å². The SMILES string of the molecule is NCCCCCCCF. The van der Waals surface area contributed by atoms with E-state index in [9.17, 15) is 4.39 Å². The number of rotatable bonds is 6. The van der Waals surface area contributed by atoms with Crippen LogP contribution in [0.1, 0.15) is 32.1 Å². The van der Waals surface area contributed by atoms with Crippen molar-refractivity contribution < 1.29 is 4.39 Å². The molecule has 0 unspecified atom stereocenters. The van der Waals surface area contributed by atoms with Crippen molar-refractivity contribution in [1.29, 1.82) is 0 Å². The van der Waals surface area contributed by atoms with Crippen LogP contribution in [0.15, 0.2) is 0 Å². The molecule has 2 heteroatoms. The maximum absolute atomic E-state index is 11.5. The van der Waals surface area contributed by atoms with E-state index in [4.69, 9.17) is 5.73 Å². The van der Waals surface area contributed by atoms with Gasteiger partial charge in [0.05, 0.1) is 6.67 Å². The summed E-state index contributed by atoms with van der Waals surface area (Å²) < 4.78 is 11.5. The van der Waals surface area contributed by atoms with Crippen LogP contribution in [0, 0.1) is 0 Å². The predicted molar refractivity (Wildman–Crippen MR) is 38.1 cm³/mol. The molecule has 0 saturated heterocycles. The zero-order chi connectivity index (χ0) is 6.95. The molecule has 0 bridgehead atoms. The molecule has 0 rings (SSSR count). The van der Waals surface area contributed by atoms with Gasteiger partial charge in [0, 0.05) is 0 Å². The number of hydrogen-bond donors (Lipinski definition) is 1. The van der Waals surface area contributed by atoms with Crippen molar-refractivity contribution in [1.82, 2.24) is 0 Å². The van der Waals surface area contributed by atoms with Gasteiger partial charge in [0.15, 0.2) is 0 Å². The highest BCUT2D eigenvalue weighted by molar-refractivity contribution is 4.43. The highest BCUT2D eigenvalue weighted by Gasteiger charge is 1.87. The second-order valence-corrected chi connectivity index (χ2v) is 2.25. The monoisotopic (exact) mass is 133 g/mol. The Morgan fingerprint density at radius 2 is 1.44 bits per heavy atom. The maximum atomic E-state index is 11.5. The largest absolute Gasteiger partial charge is 0.330 e. The average molecular weight is 133 g/mol. The molecule has 0 aliphatic carbocycles. The Balaban J connectivity index is 2.60. The number of unbranched alkanes of at least 4 members (excludes halogenated alkanes) is 4. The van der Waals surface area contributed by atoms with Crippen LogP contribution in [0.5, 0.6) is 0 Å². The van der Waals surface area contributed by atoms with E-state index >= 15 is 0 Å². The summed E-state index contributed by atoms with van der Waals surface area (Å²) in [6.45, 7) is 0.609. The van der Waals surface area contributed by atoms with Gasteiger partial charge in [-0.2, -0.15) is 0 Å². The summed E-state index contributed by atoms with van der Waals surface area (Å²) in [5, 5.41) is 0. The van der Waals surface area contributed by atoms with E-state index in [-0.39, 0.29) is 6.67 Å². The molecule has 0 fully saturated rings. The van der Waals surface area contributed by atoms with E-state index in [1.165, 1.54) is 0 Å². The molecular weight excluding hydrogens is 117 g/mol. The maximum Gasteiger partial charge on any atom is 0.0894 e. The van der Waals surface area contributed by atoms with E-state index in [1.807, 2.05) is 0 Å². The topological polar surface area (TPSA) is 26.0 Å². The molecule has 0 atom stereocenters. The summed E-state index contributed by atoms with van der Waals surface area (Å²) in [6, 6.07) is 0. The van der Waals surface area contributed by atoms with Crippen molar-refractivity contribution in [2.45, 2.75) is 32.1 Å². The smallest absolute Gasteiger partial charge is 0.0894 e. The van der Waals surface area contributed by atoms with Crippen LogP contribution >= 0.6 is 0 Å². The first-order valence-electron chi connectivity index (χ1n) is 3.68. The summed E-state index contributed by atoms with van der Waals surface area (Å²) >= 11 is 0. The molecule has 0 aromatic heterocycles. The lowest BCUT2D eigenvalue weighted by Gasteiger charge is -1.95. The molecule has 0 saturated carbocycles. The summed E-state index contributed by atoms with van der Waals surface area (Å²) in [4.78, 5) is 0. The minimum atomic E-state index is -0.164. The summed E-state index contributed by atoms with van der Waals surface area (Å²) in [6.07, 6.45) is 5.14. The number of nitrogens with two attached hydrogens (primary N) is 1. The number of alkyl halides is 1. The normalized spacial score (nSPS) is 10.0. The van der Waals surface area contributed by atoms with Crippen LogP contribution in [-0.2, 0) is 0 Å². The molecule has 0 aliphatic rings. The van der Waals surface area contributed by atoms with Gasteiger partial charge in [-0.25, -0.2) is 0 Å². The van der Waals surface area contributed by atoms with Gasteiger partial charge < -0.3 is 5.73 Å². The number of halogens is 1. The van der Waals surface area contributed by atoms with E-state index in [1.54, 1.807) is 0 Å². The van der Waals surface area contributed by atoms with Crippen LogP contribution in [0.3, 0.4) is 0 Å². The average Bonchev–Trinajstić information content (AvgIpc) is 1.89. The fourth-order valence-electron chi connectivity index (χ4n) is 0.769. The van der Waals surface area contributed by atoms with Gasteiger partial charge in [0.25, 0.3) is 0 Å². The van der Waals surface area contributed by atoms with Crippen LogP contribution < -0.4 is 5.73 Å². The van der Waals surface area contributed by atoms with Crippen LogP contribution in [0.4, 0.5) is 4.39 Å². The Bertz CT molecular complexity index is 42.2. The Labute approximate surface area is 56.4 Å². The molecule has 0 aliphatic heterocycles. The van der Waals surface area contributed by atoms with Crippen molar-refractivity contribution in [3.63, 3.8) is 0 Å². The molecule has 56 valence electrons. The zero-order valence-corrected chi connectivity index (χ0v) is 5.91. The van der Waals surface area contributed by atoms with Gasteiger partial charge in [-0.05, 0) is 19.4 Å². The first-order chi connectivity index (χ1) is 4.41. The molecule has 1 nitrogen and oxygen atoms in total. The van der Waals surface area contributed by atoms with E-state index < -0.39 is 0 Å². The Morgan fingerprint density at radius 1 is 0.889 bits per heavy atom. The second kappa shape index (κ2) is 7.89. The highest BCUT2D eigenvalue weighted by atomic mass is 19.1. The third-order valence-electron chi connectivity index (χ3n) is 1.34. The van der Waals surface area contributed by atoms with Crippen LogP contribution in [0.25, 0.3) is 0 Å². The highest BCUT2D eigenvalue weighted by Crippen LogP contribution is 2.01. The molecule has 2 N–H and O–H groups in total. The standard InChI is InChI=1S/C7H16FN/c8-6-4-2-1-3-5-7-9/h1-7,9H2. The molecule has 0 aromatic rings. The Hall–Kier alpha value is -0.110. The quantitative estimate of drug-likeness (QED) is 0.550. The van der Waals surface area contributed by atoms with Gasteiger partial charge in [0.1, 0.15) is 0 Å². The molecule has 9 heavy (non-hydrogen) atoms. The molecular formula is C7H16FN. The molecule has 0 spiro atoms. The fourth-order valence-corrected chi connectivity index (χ4v) is 0.769. The first kappa shape index (κ1) is 8.89. The zero-order valence-electron chi connectivity index (χ0n) is 5.91. The second-order valence-electron chi connectivity index (χ2n) is 2.25. The fraction of sp³-hybridized carbons (Fsp3) is 1.00. The lowest BCUT2D eigenvalue weighted by molar-refractivity contribution is 0.452. The molecule has 0 amide bonds. The summed E-state index contributed by atoms with van der Waals surface area (Å²) in [5.74, 6) is 0. The lowest BCUT2D eigenvalue weighted by atomic mass is 10.1. The lowest BCUT2D eigenvalue weighted by Crippen LogP contribution is -1.97. The van der Waals surface area contributed by atoms with Crippen molar-refractivity contribution in [3.05, 3.63) is 0 Å². The van der Waals surface area contributed by atoms with Crippen molar-refractivity contribution in [2.24, 2.45) is 5.73 Å². The Morgan fingerprint density at radius 3 is 2.00 bits per heavy atom. The van der Waals surface area contributed by atoms with Crippen molar-refractivity contribution in [2.75, 3.05) is 13.2 Å². The summed E-state index contributed by atoms with van der Waals surface area (Å²) in [5.41, 5.74) is 5.27.